The molecule has 9 nitrogen and oxygen atoms in total. The molecule has 0 aliphatic carbocycles. The monoisotopic (exact) mass is 471 g/mol. The predicted molar refractivity (Wildman–Crippen MR) is 131 cm³/mol. The molecule has 1 aromatic heterocycles. The summed E-state index contributed by atoms with van der Waals surface area (Å²) in [5.41, 5.74) is 1.20. The molecule has 3 heterocycles. The van der Waals surface area contributed by atoms with Gasteiger partial charge in [0.2, 0.25) is 16.6 Å². The van der Waals surface area contributed by atoms with Gasteiger partial charge in [-0.15, -0.1) is 11.7 Å². The Morgan fingerprint density at radius 1 is 1.09 bits per heavy atom. The van der Waals surface area contributed by atoms with Gasteiger partial charge in [-0.2, -0.15) is 0 Å². The average molecular weight is 472 g/mol. The lowest BCUT2D eigenvalue weighted by Gasteiger charge is -2.33. The van der Waals surface area contributed by atoms with Gasteiger partial charge < -0.3 is 15.0 Å². The maximum absolute atomic E-state index is 12.0. The summed E-state index contributed by atoms with van der Waals surface area (Å²) in [7, 11) is 0. The van der Waals surface area contributed by atoms with E-state index in [4.69, 9.17) is 22.1 Å². The Kier molecular flexibility index (Phi) is 8.27. The minimum absolute atomic E-state index is 0.0420. The van der Waals surface area contributed by atoms with Crippen LogP contribution in [0.5, 0.6) is 0 Å². The van der Waals surface area contributed by atoms with Crippen LogP contribution in [0, 0.1) is 4.77 Å². The third-order valence-electron chi connectivity index (χ3n) is 5.99. The molecule has 1 aromatic carbocycles. The van der Waals surface area contributed by atoms with Crippen molar-refractivity contribution in [3.63, 3.8) is 0 Å². The van der Waals surface area contributed by atoms with Gasteiger partial charge in [-0.05, 0) is 17.8 Å². The largest absolute Gasteiger partial charge is 0.378 e. The van der Waals surface area contributed by atoms with Crippen molar-refractivity contribution in [2.24, 2.45) is 0 Å². The quantitative estimate of drug-likeness (QED) is 0.435. The van der Waals surface area contributed by atoms with E-state index in [1.807, 2.05) is 10.7 Å². The van der Waals surface area contributed by atoms with Crippen molar-refractivity contribution in [1.82, 2.24) is 29.5 Å². The molecule has 2 aromatic rings. The molecule has 2 aliphatic rings. The summed E-state index contributed by atoms with van der Waals surface area (Å²) >= 11 is 5.88. The van der Waals surface area contributed by atoms with Crippen molar-refractivity contribution < 1.29 is 9.53 Å². The molecule has 178 valence electrons. The lowest BCUT2D eigenvalue weighted by molar-refractivity contribution is -0.122. The summed E-state index contributed by atoms with van der Waals surface area (Å²) in [4.78, 5) is 18.8. The number of hydrogen-bond acceptors (Lipinski definition) is 7. The van der Waals surface area contributed by atoms with E-state index in [1.165, 1.54) is 5.56 Å². The lowest BCUT2D eigenvalue weighted by atomic mass is 10.2. The fourth-order valence-electron chi connectivity index (χ4n) is 4.15. The second-order valence-corrected chi connectivity index (χ2v) is 8.75. The molecule has 0 spiro atoms. The Labute approximate surface area is 200 Å². The number of carbonyl (C=O) groups excluding carboxylic acids is 1. The molecule has 2 saturated heterocycles. The number of anilines is 1. The van der Waals surface area contributed by atoms with Crippen LogP contribution < -0.4 is 10.2 Å². The van der Waals surface area contributed by atoms with Crippen LogP contribution >= 0.6 is 12.2 Å². The van der Waals surface area contributed by atoms with Crippen molar-refractivity contribution in [3.8, 4) is 0 Å². The molecule has 1 amide bonds. The Hall–Kier alpha value is -2.53. The summed E-state index contributed by atoms with van der Waals surface area (Å²) in [6.45, 7) is 12.4. The number of morpholine rings is 1. The molecule has 0 bridgehead atoms. The molecule has 1 N–H and O–H groups in total. The molecular formula is C23H33N7O2S. The summed E-state index contributed by atoms with van der Waals surface area (Å²) in [6, 6.07) is 10.4. The third kappa shape index (κ3) is 6.29. The lowest BCUT2D eigenvalue weighted by Crippen LogP contribution is -2.49. The first kappa shape index (κ1) is 23.6. The minimum atomic E-state index is 0.0420. The molecule has 0 atom stereocenters. The van der Waals surface area contributed by atoms with Gasteiger partial charge in [-0.3, -0.25) is 19.2 Å². The van der Waals surface area contributed by atoms with E-state index >= 15 is 0 Å². The summed E-state index contributed by atoms with van der Waals surface area (Å²) < 4.78 is 10.3. The first-order valence-electron chi connectivity index (χ1n) is 11.5. The zero-order valence-electron chi connectivity index (χ0n) is 19.1. The zero-order valence-corrected chi connectivity index (χ0v) is 19.9. The Morgan fingerprint density at radius 3 is 2.48 bits per heavy atom. The Bertz CT molecular complexity index is 976. The maximum atomic E-state index is 12.0. The van der Waals surface area contributed by atoms with Crippen molar-refractivity contribution in [2.75, 3.05) is 70.5 Å². The second-order valence-electron chi connectivity index (χ2n) is 8.38. The molecule has 2 fully saturated rings. The zero-order chi connectivity index (χ0) is 23.0. The summed E-state index contributed by atoms with van der Waals surface area (Å²) in [6.07, 6.45) is 1.70. The van der Waals surface area contributed by atoms with Gasteiger partial charge in [0, 0.05) is 45.8 Å². The van der Waals surface area contributed by atoms with Crippen LogP contribution in [0.1, 0.15) is 5.56 Å². The first-order chi connectivity index (χ1) is 16.1. The fraction of sp³-hybridized carbons (Fsp3) is 0.522. The maximum Gasteiger partial charge on any atom is 0.234 e. The predicted octanol–water partition coefficient (Wildman–Crippen LogP) is 1.18. The highest BCUT2D eigenvalue weighted by Gasteiger charge is 2.23. The summed E-state index contributed by atoms with van der Waals surface area (Å²) in [5.74, 6) is 0.949. The molecule has 0 unspecified atom stereocenters. The number of rotatable bonds is 9. The van der Waals surface area contributed by atoms with E-state index in [-0.39, 0.29) is 5.91 Å². The van der Waals surface area contributed by atoms with Gasteiger partial charge in [0.15, 0.2) is 0 Å². The number of carbonyl (C=O) groups is 1. The number of nitrogens with one attached hydrogen (secondary N) is 1. The van der Waals surface area contributed by atoms with E-state index in [9.17, 15) is 4.79 Å². The van der Waals surface area contributed by atoms with Crippen LogP contribution in [0.15, 0.2) is 43.0 Å². The van der Waals surface area contributed by atoms with Gasteiger partial charge in [0.1, 0.15) is 0 Å². The van der Waals surface area contributed by atoms with Crippen molar-refractivity contribution >= 4 is 24.1 Å². The molecular weight excluding hydrogens is 438 g/mol. The number of piperazine rings is 1. The van der Waals surface area contributed by atoms with Gasteiger partial charge in [0.25, 0.3) is 0 Å². The topological polar surface area (TPSA) is 70.8 Å². The number of aromatic nitrogens is 3. The number of hydrogen-bond donors (Lipinski definition) is 1. The highest BCUT2D eigenvalue weighted by atomic mass is 32.1. The standard InChI is InChI=1S/C23H33N7O2S/c1-2-8-24-21(31)18-26-9-11-27(12-10-26)19-30-23(33)29(17-20-6-4-3-5-7-20)22(25-30)28-13-15-32-16-14-28/h2-7H,1,8-19H2,(H,24,31). The van der Waals surface area contributed by atoms with Gasteiger partial charge in [-0.1, -0.05) is 36.4 Å². The van der Waals surface area contributed by atoms with Gasteiger partial charge in [0.05, 0.1) is 33.0 Å². The molecule has 0 saturated carbocycles. The van der Waals surface area contributed by atoms with E-state index in [0.29, 0.717) is 39.5 Å². The molecule has 33 heavy (non-hydrogen) atoms. The highest BCUT2D eigenvalue weighted by molar-refractivity contribution is 7.71. The number of nitrogens with zero attached hydrogens (tertiary/aromatic N) is 6. The highest BCUT2D eigenvalue weighted by Crippen LogP contribution is 2.18. The summed E-state index contributed by atoms with van der Waals surface area (Å²) in [5, 5.41) is 7.78. The van der Waals surface area contributed by atoms with Crippen LogP contribution in [0.4, 0.5) is 5.95 Å². The van der Waals surface area contributed by atoms with Gasteiger partial charge in [-0.25, -0.2) is 4.68 Å². The van der Waals surface area contributed by atoms with Crippen molar-refractivity contribution in [1.29, 1.82) is 0 Å². The number of ether oxygens (including phenoxy) is 1. The number of benzene rings is 1. The number of amides is 1. The molecule has 4 rings (SSSR count). The average Bonchev–Trinajstić information content (AvgIpc) is 3.15. The molecule has 10 heteroatoms. The first-order valence-corrected chi connectivity index (χ1v) is 11.9. The molecule has 2 aliphatic heterocycles. The Balaban J connectivity index is 1.43. The molecule has 0 radical (unpaired) electrons. The van der Waals surface area contributed by atoms with E-state index in [0.717, 1.165) is 50.0 Å². The smallest absolute Gasteiger partial charge is 0.234 e. The fourth-order valence-corrected chi connectivity index (χ4v) is 4.39. The van der Waals surface area contributed by atoms with E-state index in [2.05, 4.69) is 55.4 Å². The van der Waals surface area contributed by atoms with Crippen LogP contribution in [0.2, 0.25) is 0 Å². The third-order valence-corrected chi connectivity index (χ3v) is 6.42. The van der Waals surface area contributed by atoms with Crippen LogP contribution in [0.3, 0.4) is 0 Å². The van der Waals surface area contributed by atoms with E-state index < -0.39 is 0 Å². The second kappa shape index (κ2) is 11.6. The van der Waals surface area contributed by atoms with Gasteiger partial charge >= 0.3 is 0 Å². The minimum Gasteiger partial charge on any atom is -0.378 e. The van der Waals surface area contributed by atoms with Crippen molar-refractivity contribution in [3.05, 3.63) is 53.3 Å². The Morgan fingerprint density at radius 2 is 1.79 bits per heavy atom. The van der Waals surface area contributed by atoms with Crippen LogP contribution in [-0.4, -0.2) is 95.6 Å². The van der Waals surface area contributed by atoms with Crippen molar-refractivity contribution in [2.45, 2.75) is 13.2 Å². The van der Waals surface area contributed by atoms with Crippen LogP contribution in [0.25, 0.3) is 0 Å². The normalized spacial score (nSPS) is 17.8. The van der Waals surface area contributed by atoms with E-state index in [1.54, 1.807) is 6.08 Å². The SMILES string of the molecule is C=CCNC(=O)CN1CCN(Cn2nc(N3CCOCC3)n(Cc3ccccc3)c2=S)CC1. The van der Waals surface area contributed by atoms with Crippen LogP contribution in [-0.2, 0) is 22.7 Å².